The molecule has 3 nitrogen and oxygen atoms in total. The van der Waals surface area contributed by atoms with Crippen LogP contribution in [0.5, 0.6) is 0 Å². The molecular weight excluding hydrogens is 247 g/mol. The molecule has 0 radical (unpaired) electrons. The smallest absolute Gasteiger partial charge is 0.165 e. The fourth-order valence-electron chi connectivity index (χ4n) is 1.40. The SMILES string of the molecule is CCC(=O)c1cnc2ccc(Cl)nc2c1Cl. The van der Waals surface area contributed by atoms with Gasteiger partial charge in [0.25, 0.3) is 0 Å². The molecule has 0 aliphatic heterocycles. The maximum absolute atomic E-state index is 11.6. The third-order valence-electron chi connectivity index (χ3n) is 2.24. The molecule has 0 aromatic carbocycles. The maximum atomic E-state index is 11.6. The lowest BCUT2D eigenvalue weighted by molar-refractivity contribution is 0.0988. The number of halogens is 2. The van der Waals surface area contributed by atoms with Crippen LogP contribution >= 0.6 is 23.2 Å². The van der Waals surface area contributed by atoms with Crippen LogP contribution in [-0.4, -0.2) is 15.8 Å². The topological polar surface area (TPSA) is 42.9 Å². The number of aromatic nitrogens is 2. The predicted molar refractivity (Wildman–Crippen MR) is 64.2 cm³/mol. The molecule has 2 heterocycles. The van der Waals surface area contributed by atoms with E-state index in [4.69, 9.17) is 23.2 Å². The summed E-state index contributed by atoms with van der Waals surface area (Å²) in [4.78, 5) is 19.8. The summed E-state index contributed by atoms with van der Waals surface area (Å²) in [6, 6.07) is 3.35. The molecule has 2 aromatic rings. The summed E-state index contributed by atoms with van der Waals surface area (Å²) in [7, 11) is 0. The quantitative estimate of drug-likeness (QED) is 0.609. The van der Waals surface area contributed by atoms with Gasteiger partial charge in [-0.25, -0.2) is 4.98 Å². The minimum absolute atomic E-state index is 0.0545. The number of ketones is 1. The summed E-state index contributed by atoms with van der Waals surface area (Å²) in [6.45, 7) is 1.77. The van der Waals surface area contributed by atoms with E-state index in [0.717, 1.165) is 0 Å². The van der Waals surface area contributed by atoms with Gasteiger partial charge in [-0.1, -0.05) is 30.1 Å². The second-order valence-corrected chi connectivity index (χ2v) is 4.03. The lowest BCUT2D eigenvalue weighted by Gasteiger charge is -2.04. The average Bonchev–Trinajstić information content (AvgIpc) is 2.29. The van der Waals surface area contributed by atoms with E-state index in [0.29, 0.717) is 33.2 Å². The number of carbonyl (C=O) groups excluding carboxylic acids is 1. The molecule has 0 saturated heterocycles. The van der Waals surface area contributed by atoms with Gasteiger partial charge in [-0.2, -0.15) is 0 Å². The van der Waals surface area contributed by atoms with E-state index in [-0.39, 0.29) is 5.78 Å². The highest BCUT2D eigenvalue weighted by atomic mass is 35.5. The van der Waals surface area contributed by atoms with Gasteiger partial charge in [-0.3, -0.25) is 9.78 Å². The lowest BCUT2D eigenvalue weighted by atomic mass is 10.1. The van der Waals surface area contributed by atoms with E-state index in [1.165, 1.54) is 6.20 Å². The summed E-state index contributed by atoms with van der Waals surface area (Å²) < 4.78 is 0. The van der Waals surface area contributed by atoms with Crippen molar-refractivity contribution in [2.45, 2.75) is 13.3 Å². The molecule has 82 valence electrons. The minimum atomic E-state index is -0.0545. The molecule has 0 N–H and O–H groups in total. The van der Waals surface area contributed by atoms with Gasteiger partial charge in [0.2, 0.25) is 0 Å². The Hall–Kier alpha value is -1.19. The van der Waals surface area contributed by atoms with Crippen molar-refractivity contribution in [3.05, 3.63) is 34.1 Å². The van der Waals surface area contributed by atoms with E-state index in [9.17, 15) is 4.79 Å². The zero-order chi connectivity index (χ0) is 11.7. The Morgan fingerprint density at radius 3 is 2.81 bits per heavy atom. The van der Waals surface area contributed by atoms with Crippen LogP contribution in [0.4, 0.5) is 0 Å². The van der Waals surface area contributed by atoms with E-state index in [1.807, 2.05) is 0 Å². The van der Waals surface area contributed by atoms with Crippen LogP contribution < -0.4 is 0 Å². The first-order valence-electron chi connectivity index (χ1n) is 4.77. The van der Waals surface area contributed by atoms with Crippen molar-refractivity contribution in [1.82, 2.24) is 9.97 Å². The van der Waals surface area contributed by atoms with Crippen LogP contribution in [0.3, 0.4) is 0 Å². The van der Waals surface area contributed by atoms with Gasteiger partial charge < -0.3 is 0 Å². The average molecular weight is 255 g/mol. The first-order valence-corrected chi connectivity index (χ1v) is 5.53. The van der Waals surface area contributed by atoms with Crippen molar-refractivity contribution in [3.63, 3.8) is 0 Å². The van der Waals surface area contributed by atoms with Gasteiger partial charge in [0.05, 0.1) is 16.1 Å². The van der Waals surface area contributed by atoms with Crippen LogP contribution in [0.1, 0.15) is 23.7 Å². The van der Waals surface area contributed by atoms with Gasteiger partial charge >= 0.3 is 0 Å². The summed E-state index contributed by atoms with van der Waals surface area (Å²) in [5.41, 5.74) is 1.49. The van der Waals surface area contributed by atoms with Crippen molar-refractivity contribution in [3.8, 4) is 0 Å². The van der Waals surface area contributed by atoms with E-state index < -0.39 is 0 Å². The largest absolute Gasteiger partial charge is 0.294 e. The summed E-state index contributed by atoms with van der Waals surface area (Å²) >= 11 is 11.9. The fourth-order valence-corrected chi connectivity index (χ4v) is 1.84. The molecule has 0 spiro atoms. The Bertz CT molecular complexity index is 569. The number of nitrogens with zero attached hydrogens (tertiary/aromatic N) is 2. The molecule has 0 saturated carbocycles. The number of carbonyl (C=O) groups is 1. The van der Waals surface area contributed by atoms with Crippen molar-refractivity contribution >= 4 is 40.0 Å². The third kappa shape index (κ3) is 1.88. The number of hydrogen-bond donors (Lipinski definition) is 0. The Morgan fingerprint density at radius 2 is 2.12 bits per heavy atom. The first-order chi connectivity index (χ1) is 7.63. The van der Waals surface area contributed by atoms with Crippen LogP contribution in [0, 0.1) is 0 Å². The first kappa shape index (κ1) is 11.3. The Kier molecular flexibility index (Phi) is 3.08. The molecule has 2 aromatic heterocycles. The Morgan fingerprint density at radius 1 is 1.38 bits per heavy atom. The third-order valence-corrected chi connectivity index (χ3v) is 2.83. The Labute approximate surface area is 102 Å². The van der Waals surface area contributed by atoms with Gasteiger partial charge in [-0.05, 0) is 12.1 Å². The van der Waals surface area contributed by atoms with Crippen molar-refractivity contribution in [2.24, 2.45) is 0 Å². The second-order valence-electron chi connectivity index (χ2n) is 3.26. The highest BCUT2D eigenvalue weighted by Crippen LogP contribution is 2.26. The molecule has 0 aliphatic carbocycles. The number of rotatable bonds is 2. The molecule has 2 rings (SSSR count). The molecular formula is C11H8Cl2N2O. The van der Waals surface area contributed by atoms with Crippen LogP contribution in [0.2, 0.25) is 10.2 Å². The number of fused-ring (bicyclic) bond motifs is 1. The zero-order valence-corrected chi connectivity index (χ0v) is 10.0. The van der Waals surface area contributed by atoms with Crippen molar-refractivity contribution in [2.75, 3.05) is 0 Å². The Balaban J connectivity index is 2.72. The standard InChI is InChI=1S/C11H8Cl2N2O/c1-2-8(16)6-5-14-7-3-4-9(12)15-11(7)10(6)13/h3-5H,2H2,1H3. The summed E-state index contributed by atoms with van der Waals surface area (Å²) in [5, 5.41) is 0.650. The van der Waals surface area contributed by atoms with Gasteiger partial charge in [-0.15, -0.1) is 0 Å². The molecule has 0 unspecified atom stereocenters. The van der Waals surface area contributed by atoms with E-state index in [2.05, 4.69) is 9.97 Å². The predicted octanol–water partition coefficient (Wildman–Crippen LogP) is 3.53. The summed E-state index contributed by atoms with van der Waals surface area (Å²) in [5.74, 6) is -0.0545. The van der Waals surface area contributed by atoms with Crippen LogP contribution in [-0.2, 0) is 0 Å². The minimum Gasteiger partial charge on any atom is -0.294 e. The maximum Gasteiger partial charge on any atom is 0.165 e. The highest BCUT2D eigenvalue weighted by Gasteiger charge is 2.13. The molecule has 16 heavy (non-hydrogen) atoms. The molecule has 5 heteroatoms. The highest BCUT2D eigenvalue weighted by molar-refractivity contribution is 6.38. The molecule has 0 aliphatic rings. The number of hydrogen-bond acceptors (Lipinski definition) is 3. The van der Waals surface area contributed by atoms with Crippen molar-refractivity contribution < 1.29 is 4.79 Å². The monoisotopic (exact) mass is 254 g/mol. The lowest BCUT2D eigenvalue weighted by Crippen LogP contribution is -2.00. The fraction of sp³-hybridized carbons (Fsp3) is 0.182. The van der Waals surface area contributed by atoms with Crippen LogP contribution in [0.15, 0.2) is 18.3 Å². The molecule has 0 atom stereocenters. The van der Waals surface area contributed by atoms with Crippen LogP contribution in [0.25, 0.3) is 11.0 Å². The van der Waals surface area contributed by atoms with Crippen molar-refractivity contribution in [1.29, 1.82) is 0 Å². The van der Waals surface area contributed by atoms with Gasteiger partial charge in [0.15, 0.2) is 5.78 Å². The molecule has 0 bridgehead atoms. The van der Waals surface area contributed by atoms with E-state index in [1.54, 1.807) is 19.1 Å². The molecule has 0 fully saturated rings. The van der Waals surface area contributed by atoms with Gasteiger partial charge in [0, 0.05) is 12.6 Å². The van der Waals surface area contributed by atoms with E-state index >= 15 is 0 Å². The summed E-state index contributed by atoms with van der Waals surface area (Å²) in [6.07, 6.45) is 1.86. The second kappa shape index (κ2) is 4.36. The number of pyridine rings is 2. The normalized spacial score (nSPS) is 10.7. The number of Topliss-reactive ketones (excluding diaryl/α,β-unsaturated/α-hetero) is 1. The zero-order valence-electron chi connectivity index (χ0n) is 8.50. The molecule has 0 amide bonds. The van der Waals surface area contributed by atoms with Gasteiger partial charge in [0.1, 0.15) is 10.7 Å².